The number of hydrogen-bond donors (Lipinski definition) is 2. The van der Waals surface area contributed by atoms with Gasteiger partial charge in [-0.1, -0.05) is 27.6 Å². The van der Waals surface area contributed by atoms with Crippen LogP contribution in [-0.2, 0) is 4.79 Å². The summed E-state index contributed by atoms with van der Waals surface area (Å²) in [5.74, 6) is -0.604. The molecule has 0 fully saturated rings. The quantitative estimate of drug-likeness (QED) is 0.681. The normalized spacial score (nSPS) is 10.6. The molecule has 0 aliphatic rings. The molecule has 0 saturated carbocycles. The van der Waals surface area contributed by atoms with Crippen LogP contribution in [0, 0.1) is 13.8 Å². The Labute approximate surface area is 160 Å². The molecule has 2 amide bonds. The molecular formula is C20H18BrN3O2. The first-order valence-electron chi connectivity index (χ1n) is 8.14. The van der Waals surface area contributed by atoms with Crippen molar-refractivity contribution in [2.75, 3.05) is 11.9 Å². The first-order chi connectivity index (χ1) is 12.4. The molecule has 0 aliphatic heterocycles. The Bertz CT molecular complexity index is 984. The third kappa shape index (κ3) is 4.26. The highest BCUT2D eigenvalue weighted by Crippen LogP contribution is 2.18. The van der Waals surface area contributed by atoms with Crippen molar-refractivity contribution in [1.82, 2.24) is 10.3 Å². The van der Waals surface area contributed by atoms with Crippen molar-refractivity contribution >= 4 is 44.3 Å². The van der Waals surface area contributed by atoms with Crippen molar-refractivity contribution in [1.29, 1.82) is 0 Å². The molecule has 26 heavy (non-hydrogen) atoms. The fourth-order valence-corrected chi connectivity index (χ4v) is 2.88. The standard InChI is InChI=1S/C20H18BrN3O2/c1-12-3-8-18-14(9-12)10-17(13(2)23-18)20(26)22-11-19(25)24-16-6-4-15(21)5-7-16/h3-10H,11H2,1-2H3,(H,22,26)(H,24,25). The van der Waals surface area contributed by atoms with Crippen LogP contribution in [0.4, 0.5) is 5.69 Å². The maximum absolute atomic E-state index is 12.5. The lowest BCUT2D eigenvalue weighted by Gasteiger charge is -2.10. The van der Waals surface area contributed by atoms with Crippen molar-refractivity contribution in [3.8, 4) is 0 Å². The van der Waals surface area contributed by atoms with Gasteiger partial charge in [-0.15, -0.1) is 0 Å². The molecule has 3 rings (SSSR count). The first kappa shape index (κ1) is 18.1. The van der Waals surface area contributed by atoms with E-state index in [1.54, 1.807) is 19.1 Å². The summed E-state index contributed by atoms with van der Waals surface area (Å²) in [6.45, 7) is 3.67. The van der Waals surface area contributed by atoms with E-state index in [4.69, 9.17) is 0 Å². The van der Waals surface area contributed by atoms with E-state index in [-0.39, 0.29) is 18.4 Å². The Morgan fingerprint density at radius 1 is 1.04 bits per heavy atom. The number of rotatable bonds is 4. The average Bonchev–Trinajstić information content (AvgIpc) is 2.61. The van der Waals surface area contributed by atoms with Crippen molar-refractivity contribution in [3.05, 3.63) is 69.8 Å². The third-order valence-electron chi connectivity index (χ3n) is 3.94. The van der Waals surface area contributed by atoms with Crippen LogP contribution in [-0.4, -0.2) is 23.3 Å². The van der Waals surface area contributed by atoms with Crippen molar-refractivity contribution in [2.24, 2.45) is 0 Å². The van der Waals surface area contributed by atoms with Crippen LogP contribution in [0.5, 0.6) is 0 Å². The van der Waals surface area contributed by atoms with Gasteiger partial charge >= 0.3 is 0 Å². The highest BCUT2D eigenvalue weighted by atomic mass is 79.9. The summed E-state index contributed by atoms with van der Waals surface area (Å²) in [6.07, 6.45) is 0. The molecule has 1 heterocycles. The number of amides is 2. The highest BCUT2D eigenvalue weighted by Gasteiger charge is 2.13. The second-order valence-electron chi connectivity index (χ2n) is 6.06. The van der Waals surface area contributed by atoms with E-state index in [2.05, 4.69) is 31.5 Å². The molecule has 2 aromatic carbocycles. The van der Waals surface area contributed by atoms with Gasteiger partial charge in [0.15, 0.2) is 0 Å². The summed E-state index contributed by atoms with van der Waals surface area (Å²) in [5, 5.41) is 6.29. The number of carbonyl (C=O) groups is 2. The number of halogens is 1. The maximum Gasteiger partial charge on any atom is 0.253 e. The fourth-order valence-electron chi connectivity index (χ4n) is 2.62. The predicted molar refractivity (Wildman–Crippen MR) is 106 cm³/mol. The Morgan fingerprint density at radius 2 is 1.77 bits per heavy atom. The summed E-state index contributed by atoms with van der Waals surface area (Å²) in [5.41, 5.74) is 3.72. The number of benzene rings is 2. The summed E-state index contributed by atoms with van der Waals surface area (Å²) in [4.78, 5) is 29.0. The summed E-state index contributed by atoms with van der Waals surface area (Å²) in [6, 6.07) is 14.9. The van der Waals surface area contributed by atoms with Gasteiger partial charge in [-0.3, -0.25) is 14.6 Å². The molecule has 132 valence electrons. The van der Waals surface area contributed by atoms with Gasteiger partial charge in [0.1, 0.15) is 0 Å². The molecular weight excluding hydrogens is 394 g/mol. The minimum absolute atomic E-state index is 0.111. The number of pyridine rings is 1. The van der Waals surface area contributed by atoms with Crippen LogP contribution < -0.4 is 10.6 Å². The number of aryl methyl sites for hydroxylation is 2. The SMILES string of the molecule is Cc1ccc2nc(C)c(C(=O)NCC(=O)Nc3ccc(Br)cc3)cc2c1. The second-order valence-corrected chi connectivity index (χ2v) is 6.97. The maximum atomic E-state index is 12.5. The van der Waals surface area contributed by atoms with E-state index in [1.807, 2.05) is 43.3 Å². The second kappa shape index (κ2) is 7.66. The summed E-state index contributed by atoms with van der Waals surface area (Å²) < 4.78 is 0.929. The third-order valence-corrected chi connectivity index (χ3v) is 4.47. The van der Waals surface area contributed by atoms with E-state index in [0.717, 1.165) is 20.9 Å². The van der Waals surface area contributed by atoms with E-state index in [9.17, 15) is 9.59 Å². The summed E-state index contributed by atoms with van der Waals surface area (Å²) in [7, 11) is 0. The van der Waals surface area contributed by atoms with Crippen LogP contribution in [0.25, 0.3) is 10.9 Å². The fraction of sp³-hybridized carbons (Fsp3) is 0.150. The number of aromatic nitrogens is 1. The van der Waals surface area contributed by atoms with Gasteiger partial charge in [-0.25, -0.2) is 0 Å². The first-order valence-corrected chi connectivity index (χ1v) is 8.93. The average molecular weight is 412 g/mol. The van der Waals surface area contributed by atoms with Crippen LogP contribution in [0.15, 0.2) is 53.0 Å². The molecule has 5 nitrogen and oxygen atoms in total. The van der Waals surface area contributed by atoms with Crippen LogP contribution >= 0.6 is 15.9 Å². The van der Waals surface area contributed by atoms with Crippen LogP contribution in [0.2, 0.25) is 0 Å². The zero-order chi connectivity index (χ0) is 18.7. The molecule has 0 bridgehead atoms. The topological polar surface area (TPSA) is 71.1 Å². The monoisotopic (exact) mass is 411 g/mol. The molecule has 0 atom stereocenters. The zero-order valence-electron chi connectivity index (χ0n) is 14.5. The Morgan fingerprint density at radius 3 is 2.50 bits per heavy atom. The molecule has 0 aliphatic carbocycles. The van der Waals surface area contributed by atoms with Crippen LogP contribution in [0.3, 0.4) is 0 Å². The van der Waals surface area contributed by atoms with Crippen molar-refractivity contribution < 1.29 is 9.59 Å². The lowest BCUT2D eigenvalue weighted by atomic mass is 10.1. The number of nitrogens with one attached hydrogen (secondary N) is 2. The van der Waals surface area contributed by atoms with Gasteiger partial charge in [0.2, 0.25) is 5.91 Å². The number of nitrogens with zero attached hydrogens (tertiary/aromatic N) is 1. The van der Waals surface area contributed by atoms with Gasteiger partial charge in [0.05, 0.1) is 23.3 Å². The molecule has 1 aromatic heterocycles. The number of carbonyl (C=O) groups excluding carboxylic acids is 2. The Balaban J connectivity index is 1.67. The Hall–Kier alpha value is -2.73. The predicted octanol–water partition coefficient (Wildman–Crippen LogP) is 3.98. The van der Waals surface area contributed by atoms with E-state index in [1.165, 1.54) is 0 Å². The molecule has 0 spiro atoms. The van der Waals surface area contributed by atoms with Crippen LogP contribution in [0.1, 0.15) is 21.6 Å². The minimum Gasteiger partial charge on any atom is -0.343 e. The highest BCUT2D eigenvalue weighted by molar-refractivity contribution is 9.10. The molecule has 6 heteroatoms. The lowest BCUT2D eigenvalue weighted by molar-refractivity contribution is -0.115. The molecule has 0 radical (unpaired) electrons. The van der Waals surface area contributed by atoms with E-state index >= 15 is 0 Å². The van der Waals surface area contributed by atoms with Crippen molar-refractivity contribution in [3.63, 3.8) is 0 Å². The number of anilines is 1. The molecule has 3 aromatic rings. The smallest absolute Gasteiger partial charge is 0.253 e. The van der Waals surface area contributed by atoms with E-state index < -0.39 is 0 Å². The molecule has 0 saturated heterocycles. The lowest BCUT2D eigenvalue weighted by Crippen LogP contribution is -2.33. The Kier molecular flexibility index (Phi) is 5.32. The van der Waals surface area contributed by atoms with Gasteiger partial charge in [0, 0.05) is 15.5 Å². The van der Waals surface area contributed by atoms with Gasteiger partial charge in [0.25, 0.3) is 5.91 Å². The molecule has 2 N–H and O–H groups in total. The molecule has 0 unspecified atom stereocenters. The van der Waals surface area contributed by atoms with Gasteiger partial charge < -0.3 is 10.6 Å². The van der Waals surface area contributed by atoms with Crippen molar-refractivity contribution in [2.45, 2.75) is 13.8 Å². The van der Waals surface area contributed by atoms with Gasteiger partial charge in [-0.05, 0) is 56.3 Å². The van der Waals surface area contributed by atoms with Gasteiger partial charge in [-0.2, -0.15) is 0 Å². The summed E-state index contributed by atoms with van der Waals surface area (Å²) >= 11 is 3.34. The number of hydrogen-bond acceptors (Lipinski definition) is 3. The number of fused-ring (bicyclic) bond motifs is 1. The van der Waals surface area contributed by atoms with E-state index in [0.29, 0.717) is 16.9 Å². The largest absolute Gasteiger partial charge is 0.343 e. The zero-order valence-corrected chi connectivity index (χ0v) is 16.1. The minimum atomic E-state index is -0.315.